The molecule has 0 aliphatic carbocycles. The third-order valence-corrected chi connectivity index (χ3v) is 8.09. The van der Waals surface area contributed by atoms with Gasteiger partial charge < -0.3 is 14.5 Å². The van der Waals surface area contributed by atoms with E-state index in [-0.39, 0.29) is 22.3 Å². The van der Waals surface area contributed by atoms with Gasteiger partial charge in [-0.05, 0) is 31.7 Å². The van der Waals surface area contributed by atoms with Crippen molar-refractivity contribution in [3.8, 4) is 22.9 Å². The van der Waals surface area contributed by atoms with Crippen molar-refractivity contribution in [3.63, 3.8) is 0 Å². The van der Waals surface area contributed by atoms with E-state index in [0.717, 1.165) is 37.4 Å². The minimum Gasteiger partial charge on any atom is -0.435 e. The largest absolute Gasteiger partial charge is 0.435 e. The lowest BCUT2D eigenvalue weighted by Crippen LogP contribution is -2.44. The molecule has 0 unspecified atom stereocenters. The lowest BCUT2D eigenvalue weighted by Gasteiger charge is -2.34. The summed E-state index contributed by atoms with van der Waals surface area (Å²) in [5.74, 6) is -1.50. The van der Waals surface area contributed by atoms with Crippen molar-refractivity contribution in [2.75, 3.05) is 42.8 Å². The summed E-state index contributed by atoms with van der Waals surface area (Å²) in [6.07, 6.45) is 2.52. The number of nitrogens with zero attached hydrogens (tertiary/aromatic N) is 6. The van der Waals surface area contributed by atoms with E-state index in [4.69, 9.17) is 16.3 Å². The van der Waals surface area contributed by atoms with Crippen LogP contribution in [0.2, 0.25) is 5.02 Å². The zero-order valence-corrected chi connectivity index (χ0v) is 23.2. The summed E-state index contributed by atoms with van der Waals surface area (Å²) in [5, 5.41) is 4.20. The van der Waals surface area contributed by atoms with Crippen LogP contribution in [0.1, 0.15) is 5.56 Å². The highest BCUT2D eigenvalue weighted by molar-refractivity contribution is 7.92. The fourth-order valence-corrected chi connectivity index (χ4v) is 5.46. The van der Waals surface area contributed by atoms with Gasteiger partial charge in [-0.2, -0.15) is 14.5 Å². The van der Waals surface area contributed by atoms with Gasteiger partial charge in [-0.3, -0.25) is 4.68 Å². The number of sulfonamides is 1. The normalized spacial score (nSPS) is 14.4. The lowest BCUT2D eigenvalue weighted by atomic mass is 10.1. The Morgan fingerprint density at radius 3 is 2.46 bits per heavy atom. The Morgan fingerprint density at radius 1 is 1.03 bits per heavy atom. The molecule has 1 aliphatic heterocycles. The molecule has 1 saturated heterocycles. The maximum absolute atomic E-state index is 15.9. The first-order valence-electron chi connectivity index (χ1n) is 12.2. The summed E-state index contributed by atoms with van der Waals surface area (Å²) < 4.78 is 51.4. The molecular formula is C26H27ClFN7O3S. The molecule has 4 aromatic rings. The van der Waals surface area contributed by atoms with Crippen LogP contribution in [0.25, 0.3) is 11.3 Å². The molecule has 1 N–H and O–H groups in total. The van der Waals surface area contributed by atoms with Crippen LogP contribution < -0.4 is 14.4 Å². The van der Waals surface area contributed by atoms with Gasteiger partial charge in [0.2, 0.25) is 11.8 Å². The Morgan fingerprint density at radius 2 is 1.77 bits per heavy atom. The van der Waals surface area contributed by atoms with Crippen LogP contribution in [0.4, 0.5) is 16.0 Å². The highest BCUT2D eigenvalue weighted by atomic mass is 35.5. The summed E-state index contributed by atoms with van der Waals surface area (Å²) in [6.45, 7) is 5.11. The molecule has 0 saturated carbocycles. The van der Waals surface area contributed by atoms with Gasteiger partial charge in [0.15, 0.2) is 0 Å². The number of ether oxygens (including phenoxy) is 1. The molecular weight excluding hydrogens is 545 g/mol. The number of halogens is 2. The molecule has 13 heteroatoms. The van der Waals surface area contributed by atoms with Crippen LogP contribution >= 0.6 is 11.6 Å². The highest BCUT2D eigenvalue weighted by Crippen LogP contribution is 2.39. The van der Waals surface area contributed by atoms with Crippen molar-refractivity contribution in [2.45, 2.75) is 11.8 Å². The molecule has 5 rings (SSSR count). The second-order valence-electron chi connectivity index (χ2n) is 9.27. The summed E-state index contributed by atoms with van der Waals surface area (Å²) >= 11 is 6.72. The van der Waals surface area contributed by atoms with E-state index in [2.05, 4.69) is 36.6 Å². The van der Waals surface area contributed by atoms with Crippen LogP contribution in [-0.2, 0) is 17.1 Å². The van der Waals surface area contributed by atoms with Gasteiger partial charge in [0.1, 0.15) is 21.4 Å². The van der Waals surface area contributed by atoms with E-state index in [0.29, 0.717) is 10.6 Å². The number of likely N-dealkylation sites (N-methyl/N-ethyl adjacent to an activating group) is 1. The smallest absolute Gasteiger partial charge is 0.267 e. The van der Waals surface area contributed by atoms with E-state index < -0.39 is 21.7 Å². The number of aryl methyl sites for hydroxylation is 2. The number of piperazine rings is 1. The minimum atomic E-state index is -4.11. The number of benzene rings is 2. The van der Waals surface area contributed by atoms with Crippen LogP contribution in [0.5, 0.6) is 11.6 Å². The van der Waals surface area contributed by atoms with E-state index in [1.807, 2.05) is 12.1 Å². The summed E-state index contributed by atoms with van der Waals surface area (Å²) in [4.78, 5) is 12.6. The molecule has 1 fully saturated rings. The van der Waals surface area contributed by atoms with E-state index in [9.17, 15) is 8.42 Å². The maximum atomic E-state index is 15.9. The zero-order chi connectivity index (χ0) is 27.7. The third kappa shape index (κ3) is 5.68. The standard InChI is InChI=1S/C26H27ClFN7O3S/c1-17-7-4-5-8-19(17)24-23(28)25(31-26(30-24)32-39(36,37)18-15-29-34(3)16-18)38-21-10-6-9-20(22(21)27)35-13-11-33(2)12-14-35/h4-10,15-16H,11-14H2,1-3H3,(H,30,31,32). The Balaban J connectivity index is 1.56. The molecule has 0 spiro atoms. The Bertz CT molecular complexity index is 1620. The summed E-state index contributed by atoms with van der Waals surface area (Å²) in [7, 11) is -0.460. The van der Waals surface area contributed by atoms with Crippen molar-refractivity contribution in [1.82, 2.24) is 24.6 Å². The third-order valence-electron chi connectivity index (χ3n) is 6.43. The minimum absolute atomic E-state index is 0.0965. The van der Waals surface area contributed by atoms with Gasteiger partial charge in [0.05, 0.1) is 11.9 Å². The quantitative estimate of drug-likeness (QED) is 0.350. The van der Waals surface area contributed by atoms with Gasteiger partial charge in [-0.15, -0.1) is 0 Å². The van der Waals surface area contributed by atoms with Gasteiger partial charge in [0, 0.05) is 45.0 Å². The van der Waals surface area contributed by atoms with E-state index >= 15 is 4.39 Å². The number of anilines is 2. The maximum Gasteiger partial charge on any atom is 0.267 e. The van der Waals surface area contributed by atoms with E-state index in [1.54, 1.807) is 44.3 Å². The average Bonchev–Trinajstić information content (AvgIpc) is 3.35. The topological polar surface area (TPSA) is 105 Å². The fraction of sp³-hybridized carbons (Fsp3) is 0.269. The first kappa shape index (κ1) is 26.9. The fourth-order valence-electron chi connectivity index (χ4n) is 4.25. The molecule has 204 valence electrons. The molecule has 3 heterocycles. The molecule has 10 nitrogen and oxygen atoms in total. The average molecular weight is 572 g/mol. The first-order valence-corrected chi connectivity index (χ1v) is 14.0. The van der Waals surface area contributed by atoms with Gasteiger partial charge >= 0.3 is 0 Å². The number of aromatic nitrogens is 4. The number of rotatable bonds is 7. The van der Waals surface area contributed by atoms with Crippen molar-refractivity contribution < 1.29 is 17.5 Å². The Kier molecular flexibility index (Phi) is 7.43. The highest BCUT2D eigenvalue weighted by Gasteiger charge is 2.25. The van der Waals surface area contributed by atoms with Crippen molar-refractivity contribution >= 4 is 33.3 Å². The summed E-state index contributed by atoms with van der Waals surface area (Å²) in [6, 6.07) is 12.3. The molecule has 0 radical (unpaired) electrons. The van der Waals surface area contributed by atoms with Crippen LogP contribution in [0.3, 0.4) is 0 Å². The Labute approximate surface area is 231 Å². The SMILES string of the molecule is Cc1ccccc1-c1nc(NS(=O)(=O)c2cnn(C)c2)nc(Oc2cccc(N3CCN(C)CC3)c2Cl)c1F. The predicted octanol–water partition coefficient (Wildman–Crippen LogP) is 4.32. The second-order valence-corrected chi connectivity index (χ2v) is 11.3. The van der Waals surface area contributed by atoms with Crippen molar-refractivity contribution in [2.24, 2.45) is 7.05 Å². The van der Waals surface area contributed by atoms with Crippen LogP contribution in [0.15, 0.2) is 59.8 Å². The van der Waals surface area contributed by atoms with Crippen molar-refractivity contribution in [3.05, 3.63) is 71.3 Å². The molecule has 2 aromatic heterocycles. The molecule has 39 heavy (non-hydrogen) atoms. The first-order chi connectivity index (χ1) is 18.6. The number of hydrogen-bond acceptors (Lipinski definition) is 8. The molecule has 2 aromatic carbocycles. The zero-order valence-electron chi connectivity index (χ0n) is 21.6. The number of nitrogens with one attached hydrogen (secondary N) is 1. The van der Waals surface area contributed by atoms with Gasteiger partial charge in [-0.1, -0.05) is 41.9 Å². The molecule has 1 aliphatic rings. The van der Waals surface area contributed by atoms with Crippen LogP contribution in [0, 0.1) is 12.7 Å². The van der Waals surface area contributed by atoms with E-state index in [1.165, 1.54) is 17.1 Å². The lowest BCUT2D eigenvalue weighted by molar-refractivity contribution is 0.312. The molecule has 0 atom stereocenters. The van der Waals surface area contributed by atoms with Crippen LogP contribution in [-0.4, -0.2) is 66.3 Å². The monoisotopic (exact) mass is 571 g/mol. The summed E-state index contributed by atoms with van der Waals surface area (Å²) in [5.41, 5.74) is 1.83. The molecule has 0 amide bonds. The van der Waals surface area contributed by atoms with Gasteiger partial charge in [-0.25, -0.2) is 18.1 Å². The second kappa shape index (κ2) is 10.8. The molecule has 0 bridgehead atoms. The predicted molar refractivity (Wildman–Crippen MR) is 147 cm³/mol. The number of hydrogen-bond donors (Lipinski definition) is 1. The Hall–Kier alpha value is -3.74. The van der Waals surface area contributed by atoms with Gasteiger partial charge in [0.25, 0.3) is 15.9 Å². The van der Waals surface area contributed by atoms with Crippen molar-refractivity contribution in [1.29, 1.82) is 0 Å².